The highest BCUT2D eigenvalue weighted by Gasteiger charge is 2.08. The Bertz CT molecular complexity index is 620. The third kappa shape index (κ3) is 4.27. The molecule has 7 nitrogen and oxygen atoms in total. The zero-order chi connectivity index (χ0) is 15.1. The van der Waals surface area contributed by atoms with E-state index in [2.05, 4.69) is 15.5 Å². The molecule has 2 aromatic rings. The van der Waals surface area contributed by atoms with E-state index in [4.69, 9.17) is 10.00 Å². The minimum Gasteiger partial charge on any atom is -0.489 e. The maximum atomic E-state index is 9.86. The van der Waals surface area contributed by atoms with Gasteiger partial charge < -0.3 is 19.7 Å². The van der Waals surface area contributed by atoms with Crippen molar-refractivity contribution >= 4 is 0 Å². The van der Waals surface area contributed by atoms with Gasteiger partial charge in [0.1, 0.15) is 36.7 Å². The maximum Gasteiger partial charge on any atom is 0.146 e. The van der Waals surface area contributed by atoms with Gasteiger partial charge in [0.25, 0.3) is 0 Å². The minimum atomic E-state index is -0.676. The Morgan fingerprint density at radius 2 is 2.29 bits per heavy atom. The number of nitrogens with one attached hydrogen (secondary N) is 1. The van der Waals surface area contributed by atoms with Crippen LogP contribution >= 0.6 is 0 Å². The summed E-state index contributed by atoms with van der Waals surface area (Å²) in [7, 11) is 1.86. The van der Waals surface area contributed by atoms with Crippen molar-refractivity contribution in [2.45, 2.75) is 12.6 Å². The van der Waals surface area contributed by atoms with E-state index in [0.29, 0.717) is 24.4 Å². The Balaban J connectivity index is 1.74. The number of benzene rings is 1. The van der Waals surface area contributed by atoms with Crippen molar-refractivity contribution in [1.82, 2.24) is 20.1 Å². The van der Waals surface area contributed by atoms with Gasteiger partial charge in [-0.2, -0.15) is 5.26 Å². The molecule has 0 spiro atoms. The molecule has 7 heteroatoms. The van der Waals surface area contributed by atoms with Crippen LogP contribution in [-0.4, -0.2) is 39.1 Å². The average Bonchev–Trinajstić information content (AvgIpc) is 2.91. The Hall–Kier alpha value is -2.43. The van der Waals surface area contributed by atoms with E-state index in [-0.39, 0.29) is 6.61 Å². The van der Waals surface area contributed by atoms with Gasteiger partial charge in [-0.05, 0) is 12.1 Å². The Morgan fingerprint density at radius 1 is 1.48 bits per heavy atom. The number of aryl methyl sites for hydroxylation is 1. The number of ether oxygens (including phenoxy) is 1. The van der Waals surface area contributed by atoms with Crippen molar-refractivity contribution in [2.75, 3.05) is 13.2 Å². The molecule has 0 radical (unpaired) electrons. The first-order valence-electron chi connectivity index (χ1n) is 6.54. The molecule has 2 N–H and O–H groups in total. The highest BCUT2D eigenvalue weighted by Crippen LogP contribution is 2.16. The molecule has 110 valence electrons. The van der Waals surface area contributed by atoms with Crippen LogP contribution in [0.3, 0.4) is 0 Å². The van der Waals surface area contributed by atoms with Crippen molar-refractivity contribution in [3.63, 3.8) is 0 Å². The zero-order valence-corrected chi connectivity index (χ0v) is 11.7. The topological polar surface area (TPSA) is 96.0 Å². The van der Waals surface area contributed by atoms with Crippen LogP contribution in [0.15, 0.2) is 30.6 Å². The Labute approximate surface area is 122 Å². The van der Waals surface area contributed by atoms with E-state index in [1.165, 1.54) is 0 Å². The quantitative estimate of drug-likeness (QED) is 0.756. The predicted octanol–water partition coefficient (Wildman–Crippen LogP) is 0.216. The van der Waals surface area contributed by atoms with Crippen LogP contribution in [0.5, 0.6) is 5.75 Å². The number of aliphatic hydroxyl groups is 1. The Kier molecular flexibility index (Phi) is 5.26. The highest BCUT2D eigenvalue weighted by atomic mass is 16.5. The molecule has 0 aliphatic rings. The lowest BCUT2D eigenvalue weighted by molar-refractivity contribution is 0.106. The summed E-state index contributed by atoms with van der Waals surface area (Å²) in [5, 5.41) is 29.6. The summed E-state index contributed by atoms with van der Waals surface area (Å²) in [6, 6.07) is 8.98. The molecule has 21 heavy (non-hydrogen) atoms. The van der Waals surface area contributed by atoms with Gasteiger partial charge in [0, 0.05) is 13.6 Å². The van der Waals surface area contributed by atoms with Crippen LogP contribution in [0.4, 0.5) is 0 Å². The van der Waals surface area contributed by atoms with E-state index >= 15 is 0 Å². The van der Waals surface area contributed by atoms with Gasteiger partial charge in [0.05, 0.1) is 12.1 Å². The lowest BCUT2D eigenvalue weighted by atomic mass is 10.2. The van der Waals surface area contributed by atoms with E-state index in [1.54, 1.807) is 35.2 Å². The number of nitriles is 1. The second kappa shape index (κ2) is 7.38. The first-order valence-corrected chi connectivity index (χ1v) is 6.54. The number of hydrogen-bond acceptors (Lipinski definition) is 6. The van der Waals surface area contributed by atoms with Crippen molar-refractivity contribution in [1.29, 1.82) is 5.26 Å². The van der Waals surface area contributed by atoms with Crippen LogP contribution in [0.2, 0.25) is 0 Å². The van der Waals surface area contributed by atoms with Crippen LogP contribution in [0.1, 0.15) is 11.4 Å². The third-order valence-corrected chi connectivity index (χ3v) is 2.91. The Morgan fingerprint density at radius 3 is 3.00 bits per heavy atom. The second-order valence-electron chi connectivity index (χ2n) is 4.56. The number of aromatic nitrogens is 3. The molecule has 1 atom stereocenters. The minimum absolute atomic E-state index is 0.116. The maximum absolute atomic E-state index is 9.86. The van der Waals surface area contributed by atoms with Crippen LogP contribution < -0.4 is 10.1 Å². The molecule has 1 unspecified atom stereocenters. The smallest absolute Gasteiger partial charge is 0.146 e. The van der Waals surface area contributed by atoms with Crippen LogP contribution in [0, 0.1) is 11.3 Å². The van der Waals surface area contributed by atoms with Gasteiger partial charge in [0.2, 0.25) is 0 Å². The molecule has 0 amide bonds. The van der Waals surface area contributed by atoms with Crippen molar-refractivity contribution in [2.24, 2.45) is 7.05 Å². The summed E-state index contributed by atoms with van der Waals surface area (Å²) in [4.78, 5) is 0. The van der Waals surface area contributed by atoms with Crippen molar-refractivity contribution in [3.05, 3.63) is 42.0 Å². The SMILES string of the molecule is Cn1cnnc1CNCC(O)COc1ccccc1C#N. The molecule has 1 aromatic heterocycles. The van der Waals surface area contributed by atoms with Gasteiger partial charge in [-0.1, -0.05) is 12.1 Å². The van der Waals surface area contributed by atoms with E-state index in [0.717, 1.165) is 5.82 Å². The lowest BCUT2D eigenvalue weighted by Gasteiger charge is -2.13. The van der Waals surface area contributed by atoms with Gasteiger partial charge in [-0.15, -0.1) is 10.2 Å². The first kappa shape index (κ1) is 15.0. The highest BCUT2D eigenvalue weighted by molar-refractivity contribution is 5.42. The molecule has 0 aliphatic carbocycles. The summed E-state index contributed by atoms with van der Waals surface area (Å²) < 4.78 is 7.26. The third-order valence-electron chi connectivity index (χ3n) is 2.91. The number of para-hydroxylation sites is 1. The average molecular weight is 287 g/mol. The van der Waals surface area contributed by atoms with Crippen LogP contribution in [0.25, 0.3) is 0 Å². The monoisotopic (exact) mass is 287 g/mol. The second-order valence-corrected chi connectivity index (χ2v) is 4.56. The standard InChI is InChI=1S/C14H17N5O2/c1-19-10-17-18-14(19)8-16-7-12(20)9-21-13-5-3-2-4-11(13)6-15/h2-5,10,12,16,20H,7-9H2,1H3. The fourth-order valence-electron chi connectivity index (χ4n) is 1.75. The molecular formula is C14H17N5O2. The molecule has 0 bridgehead atoms. The fourth-order valence-corrected chi connectivity index (χ4v) is 1.75. The molecular weight excluding hydrogens is 270 g/mol. The number of rotatable bonds is 7. The molecule has 2 rings (SSSR count). The number of hydrogen-bond donors (Lipinski definition) is 2. The van der Waals surface area contributed by atoms with Crippen molar-refractivity contribution in [3.8, 4) is 11.8 Å². The normalized spacial score (nSPS) is 11.9. The lowest BCUT2D eigenvalue weighted by Crippen LogP contribution is -2.31. The predicted molar refractivity (Wildman–Crippen MR) is 75.4 cm³/mol. The zero-order valence-electron chi connectivity index (χ0n) is 11.7. The number of aliphatic hydroxyl groups excluding tert-OH is 1. The fraction of sp³-hybridized carbons (Fsp3) is 0.357. The summed E-state index contributed by atoms with van der Waals surface area (Å²) in [6.07, 6.45) is 0.944. The molecule has 0 saturated carbocycles. The molecule has 0 saturated heterocycles. The summed E-state index contributed by atoms with van der Waals surface area (Å²) in [5.74, 6) is 1.27. The van der Waals surface area contributed by atoms with Gasteiger partial charge in [-0.25, -0.2) is 0 Å². The van der Waals surface area contributed by atoms with E-state index in [1.807, 2.05) is 13.1 Å². The van der Waals surface area contributed by atoms with Gasteiger partial charge in [0.15, 0.2) is 0 Å². The molecule has 1 heterocycles. The van der Waals surface area contributed by atoms with Crippen molar-refractivity contribution < 1.29 is 9.84 Å². The largest absolute Gasteiger partial charge is 0.489 e. The molecule has 0 aliphatic heterocycles. The summed E-state index contributed by atoms with van der Waals surface area (Å²) in [6.45, 7) is 0.994. The number of nitrogens with zero attached hydrogens (tertiary/aromatic N) is 4. The van der Waals surface area contributed by atoms with Crippen LogP contribution in [-0.2, 0) is 13.6 Å². The molecule has 0 fully saturated rings. The summed E-state index contributed by atoms with van der Waals surface area (Å²) in [5.41, 5.74) is 0.455. The van der Waals surface area contributed by atoms with E-state index in [9.17, 15) is 5.11 Å². The molecule has 1 aromatic carbocycles. The van der Waals surface area contributed by atoms with E-state index < -0.39 is 6.10 Å². The van der Waals surface area contributed by atoms with Gasteiger partial charge in [-0.3, -0.25) is 0 Å². The summed E-state index contributed by atoms with van der Waals surface area (Å²) >= 11 is 0. The first-order chi connectivity index (χ1) is 10.2. The van der Waals surface area contributed by atoms with Gasteiger partial charge >= 0.3 is 0 Å².